The predicted molar refractivity (Wildman–Crippen MR) is 96.4 cm³/mol. The number of dihydropyridines is 1. The van der Waals surface area contributed by atoms with E-state index < -0.39 is 17.9 Å². The number of esters is 2. The van der Waals surface area contributed by atoms with Crippen molar-refractivity contribution >= 4 is 11.9 Å². The second-order valence-corrected chi connectivity index (χ2v) is 6.64. The standard InChI is InChI=1S/C19H25N3O5/c1-11-15(18(23)25-3)17(16(12(2)21-11)19(24)26-4)13-8-9-20-22(13)14-7-5-6-10-27-14/h8-9,14,17,21H,5-7,10H2,1-4H3/t14-/m0/s1. The van der Waals surface area contributed by atoms with Crippen LogP contribution in [0.5, 0.6) is 0 Å². The first-order chi connectivity index (χ1) is 13.0. The Morgan fingerprint density at radius 2 is 1.78 bits per heavy atom. The van der Waals surface area contributed by atoms with Gasteiger partial charge in [-0.1, -0.05) is 0 Å². The molecule has 1 fully saturated rings. The van der Waals surface area contributed by atoms with Gasteiger partial charge in [0.05, 0.1) is 37.0 Å². The molecule has 2 aliphatic rings. The largest absolute Gasteiger partial charge is 0.466 e. The maximum Gasteiger partial charge on any atom is 0.336 e. The molecule has 1 saturated heterocycles. The van der Waals surface area contributed by atoms with Gasteiger partial charge in [0.15, 0.2) is 0 Å². The summed E-state index contributed by atoms with van der Waals surface area (Å²) in [5, 5.41) is 7.52. The van der Waals surface area contributed by atoms with Crippen molar-refractivity contribution in [3.8, 4) is 0 Å². The van der Waals surface area contributed by atoms with Crippen LogP contribution in [-0.4, -0.2) is 42.5 Å². The Bertz CT molecular complexity index is 764. The summed E-state index contributed by atoms with van der Waals surface area (Å²) in [6, 6.07) is 1.81. The summed E-state index contributed by atoms with van der Waals surface area (Å²) in [6.07, 6.45) is 4.31. The highest BCUT2D eigenvalue weighted by Crippen LogP contribution is 2.40. The van der Waals surface area contributed by atoms with Crippen LogP contribution in [0.4, 0.5) is 0 Å². The number of hydrogen-bond donors (Lipinski definition) is 1. The molecular weight excluding hydrogens is 350 g/mol. The number of hydrogen-bond acceptors (Lipinski definition) is 7. The Balaban J connectivity index is 2.15. The van der Waals surface area contributed by atoms with Crippen LogP contribution in [0.15, 0.2) is 34.8 Å². The van der Waals surface area contributed by atoms with E-state index in [-0.39, 0.29) is 6.23 Å². The molecule has 146 valence electrons. The molecule has 1 atom stereocenters. The molecule has 0 bridgehead atoms. The summed E-state index contributed by atoms with van der Waals surface area (Å²) in [5.74, 6) is -1.66. The number of nitrogens with zero attached hydrogens (tertiary/aromatic N) is 2. The average molecular weight is 375 g/mol. The molecule has 8 heteroatoms. The zero-order valence-corrected chi connectivity index (χ0v) is 16.1. The summed E-state index contributed by atoms with van der Waals surface area (Å²) < 4.78 is 17.6. The highest BCUT2D eigenvalue weighted by Gasteiger charge is 2.40. The van der Waals surface area contributed by atoms with Crippen LogP contribution in [0.2, 0.25) is 0 Å². The smallest absolute Gasteiger partial charge is 0.336 e. The van der Waals surface area contributed by atoms with Crippen molar-refractivity contribution in [1.29, 1.82) is 0 Å². The third-order valence-corrected chi connectivity index (χ3v) is 5.00. The first-order valence-corrected chi connectivity index (χ1v) is 8.99. The van der Waals surface area contributed by atoms with E-state index in [1.807, 2.05) is 0 Å². The minimum Gasteiger partial charge on any atom is -0.466 e. The molecule has 1 aromatic rings. The lowest BCUT2D eigenvalue weighted by Gasteiger charge is -2.32. The molecule has 3 heterocycles. The number of allylic oxidation sites excluding steroid dienone is 2. The fraction of sp³-hybridized carbons (Fsp3) is 0.526. The summed E-state index contributed by atoms with van der Waals surface area (Å²) in [6.45, 7) is 4.23. The number of carbonyl (C=O) groups is 2. The van der Waals surface area contributed by atoms with Crippen LogP contribution in [0.25, 0.3) is 0 Å². The van der Waals surface area contributed by atoms with Gasteiger partial charge in [0, 0.05) is 24.2 Å². The van der Waals surface area contributed by atoms with Crippen LogP contribution in [0.3, 0.4) is 0 Å². The SMILES string of the molecule is COC(=O)C1=C(C)NC(C)=C(C(=O)OC)C1c1ccnn1[C@@H]1CCCCO1. The van der Waals surface area contributed by atoms with Crippen molar-refractivity contribution in [3.63, 3.8) is 0 Å². The van der Waals surface area contributed by atoms with E-state index in [0.29, 0.717) is 34.8 Å². The van der Waals surface area contributed by atoms with E-state index in [2.05, 4.69) is 10.4 Å². The average Bonchev–Trinajstić information content (AvgIpc) is 3.16. The fourth-order valence-corrected chi connectivity index (χ4v) is 3.76. The summed E-state index contributed by atoms with van der Waals surface area (Å²) in [5.41, 5.74) is 2.69. The predicted octanol–water partition coefficient (Wildman–Crippen LogP) is 2.16. The van der Waals surface area contributed by atoms with Crippen molar-refractivity contribution in [2.45, 2.75) is 45.3 Å². The van der Waals surface area contributed by atoms with Crippen molar-refractivity contribution < 1.29 is 23.8 Å². The lowest BCUT2D eigenvalue weighted by Crippen LogP contribution is -2.34. The number of nitrogens with one attached hydrogen (secondary N) is 1. The molecule has 0 aliphatic carbocycles. The molecule has 2 aliphatic heterocycles. The van der Waals surface area contributed by atoms with Gasteiger partial charge in [0.2, 0.25) is 0 Å². The lowest BCUT2D eigenvalue weighted by molar-refractivity contribution is -0.137. The Morgan fingerprint density at radius 3 is 2.30 bits per heavy atom. The highest BCUT2D eigenvalue weighted by atomic mass is 16.5. The van der Waals surface area contributed by atoms with Crippen molar-refractivity contribution in [2.75, 3.05) is 20.8 Å². The Morgan fingerprint density at radius 1 is 1.15 bits per heavy atom. The van der Waals surface area contributed by atoms with Crippen LogP contribution in [-0.2, 0) is 23.8 Å². The van der Waals surface area contributed by atoms with E-state index in [9.17, 15) is 9.59 Å². The van der Waals surface area contributed by atoms with Gasteiger partial charge in [-0.15, -0.1) is 0 Å². The third-order valence-electron chi connectivity index (χ3n) is 5.00. The first-order valence-electron chi connectivity index (χ1n) is 8.99. The molecule has 0 aromatic carbocycles. The van der Waals surface area contributed by atoms with Crippen LogP contribution >= 0.6 is 0 Å². The molecule has 0 unspecified atom stereocenters. The van der Waals surface area contributed by atoms with Gasteiger partial charge < -0.3 is 19.5 Å². The van der Waals surface area contributed by atoms with Gasteiger partial charge in [-0.3, -0.25) is 0 Å². The van der Waals surface area contributed by atoms with E-state index in [1.165, 1.54) is 14.2 Å². The fourth-order valence-electron chi connectivity index (χ4n) is 3.76. The second-order valence-electron chi connectivity index (χ2n) is 6.64. The van der Waals surface area contributed by atoms with Gasteiger partial charge in [-0.05, 0) is 39.2 Å². The first kappa shape index (κ1) is 19.2. The number of methoxy groups -OCH3 is 2. The minimum atomic E-state index is -0.654. The molecule has 8 nitrogen and oxygen atoms in total. The van der Waals surface area contributed by atoms with Crippen molar-refractivity contribution in [2.24, 2.45) is 0 Å². The Kier molecular flexibility index (Phi) is 5.65. The van der Waals surface area contributed by atoms with Crippen molar-refractivity contribution in [3.05, 3.63) is 40.5 Å². The Labute approximate surface area is 158 Å². The molecular formula is C19H25N3O5. The molecule has 0 spiro atoms. The molecule has 0 saturated carbocycles. The van der Waals surface area contributed by atoms with Gasteiger partial charge >= 0.3 is 11.9 Å². The Hall–Kier alpha value is -2.61. The third kappa shape index (κ3) is 3.49. The highest BCUT2D eigenvalue weighted by molar-refractivity contribution is 5.99. The van der Waals surface area contributed by atoms with E-state index in [1.54, 1.807) is 30.8 Å². The van der Waals surface area contributed by atoms with E-state index in [4.69, 9.17) is 14.2 Å². The van der Waals surface area contributed by atoms with Crippen LogP contribution < -0.4 is 5.32 Å². The maximum absolute atomic E-state index is 12.6. The molecule has 3 rings (SSSR count). The summed E-state index contributed by atoms with van der Waals surface area (Å²) in [4.78, 5) is 25.2. The topological polar surface area (TPSA) is 91.7 Å². The van der Waals surface area contributed by atoms with E-state index in [0.717, 1.165) is 19.3 Å². The number of ether oxygens (including phenoxy) is 3. The number of rotatable bonds is 4. The quantitative estimate of drug-likeness (QED) is 0.806. The minimum absolute atomic E-state index is 0.225. The molecule has 1 aromatic heterocycles. The molecule has 0 amide bonds. The lowest BCUT2D eigenvalue weighted by atomic mass is 9.83. The monoisotopic (exact) mass is 375 g/mol. The van der Waals surface area contributed by atoms with E-state index >= 15 is 0 Å². The van der Waals surface area contributed by atoms with Gasteiger partial charge in [-0.2, -0.15) is 5.10 Å². The molecule has 27 heavy (non-hydrogen) atoms. The second kappa shape index (κ2) is 7.96. The zero-order chi connectivity index (χ0) is 19.6. The number of carbonyl (C=O) groups excluding carboxylic acids is 2. The van der Waals surface area contributed by atoms with Gasteiger partial charge in [0.25, 0.3) is 0 Å². The zero-order valence-electron chi connectivity index (χ0n) is 16.1. The molecule has 0 radical (unpaired) electrons. The van der Waals surface area contributed by atoms with Gasteiger partial charge in [-0.25, -0.2) is 14.3 Å². The normalized spacial score (nSPS) is 21.1. The van der Waals surface area contributed by atoms with Crippen LogP contribution in [0, 0.1) is 0 Å². The van der Waals surface area contributed by atoms with Gasteiger partial charge in [0.1, 0.15) is 6.23 Å². The summed E-state index contributed by atoms with van der Waals surface area (Å²) in [7, 11) is 2.65. The summed E-state index contributed by atoms with van der Waals surface area (Å²) >= 11 is 0. The maximum atomic E-state index is 12.6. The van der Waals surface area contributed by atoms with Crippen molar-refractivity contribution in [1.82, 2.24) is 15.1 Å². The number of aromatic nitrogens is 2. The van der Waals surface area contributed by atoms with Crippen LogP contribution in [0.1, 0.15) is 50.9 Å². The molecule has 1 N–H and O–H groups in total.